The van der Waals surface area contributed by atoms with Crippen LogP contribution in [-0.2, 0) is 19.1 Å². The highest BCUT2D eigenvalue weighted by Gasteiger charge is 2.19. The Morgan fingerprint density at radius 1 is 0.840 bits per heavy atom. The summed E-state index contributed by atoms with van der Waals surface area (Å²) < 4.78 is 5.25. The van der Waals surface area contributed by atoms with Crippen LogP contribution in [-0.4, -0.2) is 59.4 Å². The maximum Gasteiger partial charge on any atom is 0.332 e. The number of nitrogens with zero attached hydrogens (tertiary/aromatic N) is 2. The van der Waals surface area contributed by atoms with E-state index >= 15 is 0 Å². The van der Waals surface area contributed by atoms with Gasteiger partial charge in [0.2, 0.25) is 5.91 Å². The first-order valence-electron chi connectivity index (χ1n) is 8.80. The first-order chi connectivity index (χ1) is 11.6. The molecule has 0 aromatic heterocycles. The summed E-state index contributed by atoms with van der Waals surface area (Å²) in [6, 6.07) is 0. The summed E-state index contributed by atoms with van der Waals surface area (Å²) in [6.45, 7) is 14.9. The first kappa shape index (κ1) is 22.9. The molecular formula is C19H32N2O4. The van der Waals surface area contributed by atoms with E-state index in [1.54, 1.807) is 30.6 Å². The molecule has 0 spiro atoms. The van der Waals surface area contributed by atoms with E-state index in [0.717, 1.165) is 6.08 Å². The molecule has 6 nitrogen and oxygen atoms in total. The van der Waals surface area contributed by atoms with Crippen molar-refractivity contribution in [1.82, 2.24) is 9.80 Å². The Hall–Kier alpha value is -2.11. The molecule has 0 radical (unpaired) electrons. The number of rotatable bonds is 8. The molecule has 0 heterocycles. The maximum atomic E-state index is 12.6. The number of carbonyl (C=O) groups is 3. The van der Waals surface area contributed by atoms with Crippen molar-refractivity contribution in [1.29, 1.82) is 0 Å². The van der Waals surface area contributed by atoms with Gasteiger partial charge in [0.05, 0.1) is 0 Å². The van der Waals surface area contributed by atoms with Crippen molar-refractivity contribution in [2.45, 2.75) is 54.1 Å². The zero-order valence-corrected chi connectivity index (χ0v) is 16.6. The Kier molecular flexibility index (Phi) is 9.79. The third kappa shape index (κ3) is 8.52. The summed E-state index contributed by atoms with van der Waals surface area (Å²) in [5.41, 5.74) is -0.518. The minimum Gasteiger partial charge on any atom is -0.457 e. The van der Waals surface area contributed by atoms with Crippen LogP contribution in [0.25, 0.3) is 0 Å². The van der Waals surface area contributed by atoms with E-state index in [2.05, 4.69) is 0 Å². The van der Waals surface area contributed by atoms with Crippen molar-refractivity contribution in [2.24, 2.45) is 0 Å². The van der Waals surface area contributed by atoms with E-state index in [9.17, 15) is 14.4 Å². The van der Waals surface area contributed by atoms with Crippen LogP contribution in [0.3, 0.4) is 0 Å². The van der Waals surface area contributed by atoms with Crippen LogP contribution in [0, 0.1) is 0 Å². The zero-order valence-electron chi connectivity index (χ0n) is 16.6. The van der Waals surface area contributed by atoms with Crippen LogP contribution in [0.15, 0.2) is 23.8 Å². The molecule has 0 aliphatic heterocycles. The van der Waals surface area contributed by atoms with Crippen molar-refractivity contribution in [2.75, 3.05) is 26.2 Å². The quantitative estimate of drug-likeness (QED) is 0.382. The lowest BCUT2D eigenvalue weighted by Crippen LogP contribution is -2.32. The van der Waals surface area contributed by atoms with Crippen LogP contribution in [0.5, 0.6) is 0 Å². The van der Waals surface area contributed by atoms with Gasteiger partial charge in [-0.25, -0.2) is 4.79 Å². The van der Waals surface area contributed by atoms with E-state index in [-0.39, 0.29) is 17.4 Å². The minimum absolute atomic E-state index is 0.137. The Morgan fingerprint density at radius 3 is 1.72 bits per heavy atom. The van der Waals surface area contributed by atoms with Gasteiger partial charge in [-0.3, -0.25) is 9.59 Å². The first-order valence-corrected chi connectivity index (χ1v) is 8.80. The highest BCUT2D eigenvalue weighted by molar-refractivity contribution is 6.03. The number of esters is 1. The zero-order chi connectivity index (χ0) is 19.6. The Balaban J connectivity index is 5.57. The van der Waals surface area contributed by atoms with Gasteiger partial charge in [-0.05, 0) is 54.5 Å². The van der Waals surface area contributed by atoms with Crippen molar-refractivity contribution in [3.8, 4) is 0 Å². The van der Waals surface area contributed by atoms with E-state index in [0.29, 0.717) is 26.2 Å². The number of hydrogen-bond acceptors (Lipinski definition) is 4. The van der Waals surface area contributed by atoms with Gasteiger partial charge in [-0.1, -0.05) is 0 Å². The third-order valence-electron chi connectivity index (χ3n) is 3.46. The molecule has 2 amide bonds. The molecular weight excluding hydrogens is 320 g/mol. The average molecular weight is 352 g/mol. The largest absolute Gasteiger partial charge is 0.457 e. The Labute approximate surface area is 151 Å². The number of likely N-dealkylation sites (N-methyl/N-ethyl adjacent to an activating group) is 2. The lowest BCUT2D eigenvalue weighted by molar-refractivity contribution is -0.148. The van der Waals surface area contributed by atoms with Gasteiger partial charge in [0.15, 0.2) is 0 Å². The Morgan fingerprint density at radius 2 is 1.32 bits per heavy atom. The van der Waals surface area contributed by atoms with Crippen molar-refractivity contribution in [3.63, 3.8) is 0 Å². The van der Waals surface area contributed by atoms with Gasteiger partial charge < -0.3 is 14.5 Å². The number of carbonyl (C=O) groups excluding carboxylic acids is 3. The van der Waals surface area contributed by atoms with Crippen molar-refractivity contribution in [3.05, 3.63) is 23.8 Å². The molecule has 0 bridgehead atoms. The number of amides is 2. The van der Waals surface area contributed by atoms with Gasteiger partial charge in [0.1, 0.15) is 5.60 Å². The molecule has 142 valence electrons. The van der Waals surface area contributed by atoms with E-state index in [4.69, 9.17) is 4.74 Å². The molecule has 6 heteroatoms. The smallest absolute Gasteiger partial charge is 0.332 e. The number of ether oxygens (including phenoxy) is 1. The topological polar surface area (TPSA) is 66.9 Å². The SMILES string of the molecule is CCN(CC)C(=O)C=CC(=CC(=O)OC(C)(C)C)C(=O)N(CC)CC. The molecule has 25 heavy (non-hydrogen) atoms. The van der Waals surface area contributed by atoms with Crippen LogP contribution in [0.4, 0.5) is 0 Å². The molecule has 0 atom stereocenters. The van der Waals surface area contributed by atoms with Gasteiger partial charge in [0, 0.05) is 43.9 Å². The molecule has 0 saturated heterocycles. The third-order valence-corrected chi connectivity index (χ3v) is 3.46. The van der Waals surface area contributed by atoms with E-state index < -0.39 is 11.6 Å². The van der Waals surface area contributed by atoms with E-state index in [1.807, 2.05) is 27.7 Å². The van der Waals surface area contributed by atoms with Crippen LogP contribution >= 0.6 is 0 Å². The maximum absolute atomic E-state index is 12.6. The highest BCUT2D eigenvalue weighted by atomic mass is 16.6. The predicted molar refractivity (Wildman–Crippen MR) is 98.9 cm³/mol. The molecule has 0 unspecified atom stereocenters. The van der Waals surface area contributed by atoms with Crippen LogP contribution < -0.4 is 0 Å². The van der Waals surface area contributed by atoms with Crippen LogP contribution in [0.2, 0.25) is 0 Å². The minimum atomic E-state index is -0.655. The standard InChI is InChI=1S/C19H32N2O4/c1-8-20(9-2)16(22)13-12-15(18(24)21(10-3)11-4)14-17(23)25-19(5,6)7/h12-14H,8-11H2,1-7H3. The summed E-state index contributed by atoms with van der Waals surface area (Å²) >= 11 is 0. The lowest BCUT2D eigenvalue weighted by atomic mass is 10.1. The summed E-state index contributed by atoms with van der Waals surface area (Å²) in [4.78, 5) is 40.0. The number of hydrogen-bond donors (Lipinski definition) is 0. The van der Waals surface area contributed by atoms with Gasteiger partial charge in [-0.15, -0.1) is 0 Å². The average Bonchev–Trinajstić information content (AvgIpc) is 2.51. The fourth-order valence-electron chi connectivity index (χ4n) is 2.13. The summed E-state index contributed by atoms with van der Waals surface area (Å²) in [5, 5.41) is 0. The summed E-state index contributed by atoms with van der Waals surface area (Å²) in [6.07, 6.45) is 3.87. The molecule has 0 rings (SSSR count). The fraction of sp³-hybridized carbons (Fsp3) is 0.632. The van der Waals surface area contributed by atoms with Crippen molar-refractivity contribution < 1.29 is 19.1 Å². The Bertz CT molecular complexity index is 522. The molecule has 0 aromatic carbocycles. The molecule has 0 N–H and O–H groups in total. The second-order valence-corrected chi connectivity index (χ2v) is 6.45. The molecule has 0 aliphatic rings. The fourth-order valence-corrected chi connectivity index (χ4v) is 2.13. The molecule has 0 aromatic rings. The predicted octanol–water partition coefficient (Wildman–Crippen LogP) is 2.55. The second-order valence-electron chi connectivity index (χ2n) is 6.45. The molecule has 0 aliphatic carbocycles. The van der Waals surface area contributed by atoms with Gasteiger partial charge in [-0.2, -0.15) is 0 Å². The van der Waals surface area contributed by atoms with E-state index in [1.165, 1.54) is 12.2 Å². The molecule has 0 fully saturated rings. The second kappa shape index (κ2) is 10.7. The normalized spacial score (nSPS) is 12.2. The lowest BCUT2D eigenvalue weighted by Gasteiger charge is -2.21. The summed E-state index contributed by atoms with van der Waals surface area (Å²) in [7, 11) is 0. The van der Waals surface area contributed by atoms with Crippen LogP contribution in [0.1, 0.15) is 48.5 Å². The van der Waals surface area contributed by atoms with Gasteiger partial charge in [0.25, 0.3) is 5.91 Å². The molecule has 0 saturated carbocycles. The monoisotopic (exact) mass is 352 g/mol. The van der Waals surface area contributed by atoms with Crippen molar-refractivity contribution >= 4 is 17.8 Å². The van der Waals surface area contributed by atoms with Gasteiger partial charge >= 0.3 is 5.97 Å². The highest BCUT2D eigenvalue weighted by Crippen LogP contribution is 2.11. The summed E-state index contributed by atoms with van der Waals surface area (Å²) in [5.74, 6) is -1.12.